The van der Waals surface area contributed by atoms with Gasteiger partial charge in [0.2, 0.25) is 0 Å². The molecule has 0 radical (unpaired) electrons. The summed E-state index contributed by atoms with van der Waals surface area (Å²) in [6, 6.07) is 9.45. The number of hydrogen-bond acceptors (Lipinski definition) is 5. The van der Waals surface area contributed by atoms with Gasteiger partial charge in [0.1, 0.15) is 11.5 Å². The lowest BCUT2D eigenvalue weighted by Gasteiger charge is -2.09. The van der Waals surface area contributed by atoms with E-state index in [2.05, 4.69) is 20.3 Å². The first-order valence-electron chi connectivity index (χ1n) is 6.39. The van der Waals surface area contributed by atoms with Gasteiger partial charge in [0.15, 0.2) is 0 Å². The first kappa shape index (κ1) is 13.0. The van der Waals surface area contributed by atoms with Crippen LogP contribution in [-0.2, 0) is 0 Å². The first-order chi connectivity index (χ1) is 10.1. The number of nitrogens with two attached hydrogens (primary N) is 1. The van der Waals surface area contributed by atoms with E-state index in [9.17, 15) is 4.79 Å². The number of nitrogens with one attached hydrogen (secondary N) is 1. The number of rotatable bonds is 2. The molecular weight excluding hydrogens is 266 g/mol. The molecular formula is C15H13N5O. The number of nitrogen functional groups attached to an aromatic ring is 1. The Hall–Kier alpha value is -3.02. The highest BCUT2D eigenvalue weighted by Gasteiger charge is 2.11. The second-order valence-electron chi connectivity index (χ2n) is 4.61. The molecule has 104 valence electrons. The minimum Gasteiger partial charge on any atom is -0.382 e. The lowest BCUT2D eigenvalue weighted by Crippen LogP contribution is -2.15. The van der Waals surface area contributed by atoms with E-state index in [1.807, 2.05) is 37.3 Å². The third kappa shape index (κ3) is 2.64. The molecule has 0 unspecified atom stereocenters. The number of pyridine rings is 1. The Morgan fingerprint density at radius 3 is 2.76 bits per heavy atom. The molecule has 6 heteroatoms. The van der Waals surface area contributed by atoms with Crippen molar-refractivity contribution in [1.29, 1.82) is 0 Å². The quantitative estimate of drug-likeness (QED) is 0.749. The van der Waals surface area contributed by atoms with Crippen LogP contribution in [0, 0.1) is 6.92 Å². The molecule has 2 aromatic heterocycles. The standard InChI is InChI=1S/C15H13N5O/c1-9-6-12(10-4-2-3-5-11(10)19-9)20-15(21)13-7-18-14(16)8-17-13/h2-8H,1H3,(H2,16,18)(H,19,20,21). The number of benzene rings is 1. The van der Waals surface area contributed by atoms with Gasteiger partial charge in [-0.2, -0.15) is 0 Å². The molecule has 0 saturated heterocycles. The zero-order valence-electron chi connectivity index (χ0n) is 11.4. The number of fused-ring (bicyclic) bond motifs is 1. The van der Waals surface area contributed by atoms with Gasteiger partial charge in [-0.05, 0) is 19.1 Å². The summed E-state index contributed by atoms with van der Waals surface area (Å²) in [4.78, 5) is 24.5. The molecule has 0 fully saturated rings. The molecule has 3 rings (SSSR count). The number of carbonyl (C=O) groups is 1. The van der Waals surface area contributed by atoms with E-state index in [0.717, 1.165) is 16.6 Å². The van der Waals surface area contributed by atoms with Gasteiger partial charge in [0.05, 0.1) is 23.6 Å². The maximum Gasteiger partial charge on any atom is 0.275 e. The molecule has 0 spiro atoms. The van der Waals surface area contributed by atoms with E-state index in [0.29, 0.717) is 5.69 Å². The fourth-order valence-corrected chi connectivity index (χ4v) is 2.05. The molecule has 0 aliphatic carbocycles. The summed E-state index contributed by atoms with van der Waals surface area (Å²) in [6.45, 7) is 1.88. The smallest absolute Gasteiger partial charge is 0.275 e. The molecule has 0 aliphatic heterocycles. The van der Waals surface area contributed by atoms with Crippen molar-refractivity contribution >= 4 is 28.3 Å². The number of aryl methyl sites for hydroxylation is 1. The van der Waals surface area contributed by atoms with Gasteiger partial charge in [0.25, 0.3) is 5.91 Å². The summed E-state index contributed by atoms with van der Waals surface area (Å²) in [5, 5.41) is 3.71. The number of anilines is 2. The fraction of sp³-hybridized carbons (Fsp3) is 0.0667. The highest BCUT2D eigenvalue weighted by atomic mass is 16.1. The Morgan fingerprint density at radius 1 is 1.19 bits per heavy atom. The third-order valence-corrected chi connectivity index (χ3v) is 3.00. The van der Waals surface area contributed by atoms with Crippen LogP contribution < -0.4 is 11.1 Å². The molecule has 6 nitrogen and oxygen atoms in total. The topological polar surface area (TPSA) is 93.8 Å². The van der Waals surface area contributed by atoms with Crippen molar-refractivity contribution in [2.75, 3.05) is 11.1 Å². The van der Waals surface area contributed by atoms with E-state index < -0.39 is 0 Å². The number of aromatic nitrogens is 3. The van der Waals surface area contributed by atoms with Crippen molar-refractivity contribution in [2.45, 2.75) is 6.92 Å². The summed E-state index contributed by atoms with van der Waals surface area (Å²) in [6.07, 6.45) is 2.70. The zero-order valence-corrected chi connectivity index (χ0v) is 11.4. The lowest BCUT2D eigenvalue weighted by molar-refractivity contribution is 0.102. The monoisotopic (exact) mass is 279 g/mol. The predicted octanol–water partition coefficient (Wildman–Crippen LogP) is 2.17. The normalized spacial score (nSPS) is 10.5. The summed E-state index contributed by atoms with van der Waals surface area (Å²) < 4.78 is 0. The summed E-state index contributed by atoms with van der Waals surface area (Å²) in [5.74, 6) is -0.0602. The Labute approximate surface area is 121 Å². The molecule has 0 bridgehead atoms. The maximum atomic E-state index is 12.2. The zero-order chi connectivity index (χ0) is 14.8. The largest absolute Gasteiger partial charge is 0.382 e. The third-order valence-electron chi connectivity index (χ3n) is 3.00. The van der Waals surface area contributed by atoms with Crippen LogP contribution in [0.4, 0.5) is 11.5 Å². The molecule has 1 amide bonds. The minimum absolute atomic E-state index is 0.211. The SMILES string of the molecule is Cc1cc(NC(=O)c2cnc(N)cn2)c2ccccc2n1. The highest BCUT2D eigenvalue weighted by molar-refractivity contribution is 6.07. The van der Waals surface area contributed by atoms with Gasteiger partial charge >= 0.3 is 0 Å². The van der Waals surface area contributed by atoms with Crippen molar-refractivity contribution in [3.05, 3.63) is 54.1 Å². The predicted molar refractivity (Wildman–Crippen MR) is 80.9 cm³/mol. The molecule has 0 atom stereocenters. The number of carbonyl (C=O) groups excluding carboxylic acids is 1. The Kier molecular flexibility index (Phi) is 3.19. The van der Waals surface area contributed by atoms with Crippen molar-refractivity contribution in [3.63, 3.8) is 0 Å². The molecule has 0 saturated carbocycles. The molecule has 3 N–H and O–H groups in total. The van der Waals surface area contributed by atoms with E-state index >= 15 is 0 Å². The van der Waals surface area contributed by atoms with Crippen molar-refractivity contribution in [3.8, 4) is 0 Å². The number of amides is 1. The number of nitrogens with zero attached hydrogens (tertiary/aromatic N) is 3. The van der Waals surface area contributed by atoms with Crippen molar-refractivity contribution in [1.82, 2.24) is 15.0 Å². The molecule has 2 heterocycles. The van der Waals surface area contributed by atoms with Crippen molar-refractivity contribution < 1.29 is 4.79 Å². The number of hydrogen-bond donors (Lipinski definition) is 2. The molecule has 3 aromatic rings. The van der Waals surface area contributed by atoms with Gasteiger partial charge < -0.3 is 11.1 Å². The van der Waals surface area contributed by atoms with Crippen LogP contribution in [0.15, 0.2) is 42.7 Å². The van der Waals surface area contributed by atoms with Crippen LogP contribution in [0.5, 0.6) is 0 Å². The van der Waals surface area contributed by atoms with Crippen LogP contribution in [0.2, 0.25) is 0 Å². The van der Waals surface area contributed by atoms with Crippen LogP contribution >= 0.6 is 0 Å². The van der Waals surface area contributed by atoms with Gasteiger partial charge in [-0.1, -0.05) is 18.2 Å². The lowest BCUT2D eigenvalue weighted by atomic mass is 10.1. The van der Waals surface area contributed by atoms with Gasteiger partial charge in [-0.25, -0.2) is 9.97 Å². The molecule has 21 heavy (non-hydrogen) atoms. The van der Waals surface area contributed by atoms with E-state index in [-0.39, 0.29) is 17.4 Å². The second-order valence-corrected chi connectivity index (χ2v) is 4.61. The van der Waals surface area contributed by atoms with E-state index in [1.54, 1.807) is 0 Å². The maximum absolute atomic E-state index is 12.2. The Balaban J connectivity index is 1.98. The van der Waals surface area contributed by atoms with Crippen molar-refractivity contribution in [2.24, 2.45) is 0 Å². The van der Waals surface area contributed by atoms with Crippen LogP contribution in [0.3, 0.4) is 0 Å². The first-order valence-corrected chi connectivity index (χ1v) is 6.39. The fourth-order valence-electron chi connectivity index (χ4n) is 2.05. The van der Waals surface area contributed by atoms with Gasteiger partial charge in [-0.3, -0.25) is 9.78 Å². The summed E-state index contributed by atoms with van der Waals surface area (Å²) >= 11 is 0. The number of para-hydroxylation sites is 1. The van der Waals surface area contributed by atoms with Crippen LogP contribution in [0.1, 0.15) is 16.2 Å². The average molecular weight is 279 g/mol. The average Bonchev–Trinajstić information content (AvgIpc) is 2.47. The minimum atomic E-state index is -0.335. The van der Waals surface area contributed by atoms with E-state index in [4.69, 9.17) is 5.73 Å². The second kappa shape index (κ2) is 5.16. The van der Waals surface area contributed by atoms with Crippen LogP contribution in [-0.4, -0.2) is 20.9 Å². The van der Waals surface area contributed by atoms with Crippen LogP contribution in [0.25, 0.3) is 10.9 Å². The Bertz CT molecular complexity index is 814. The van der Waals surface area contributed by atoms with Gasteiger partial charge in [0, 0.05) is 11.1 Å². The van der Waals surface area contributed by atoms with Gasteiger partial charge in [-0.15, -0.1) is 0 Å². The summed E-state index contributed by atoms with van der Waals surface area (Å²) in [5.41, 5.74) is 8.02. The van der Waals surface area contributed by atoms with E-state index in [1.165, 1.54) is 12.4 Å². The molecule has 1 aromatic carbocycles. The Morgan fingerprint density at radius 2 is 2.00 bits per heavy atom. The highest BCUT2D eigenvalue weighted by Crippen LogP contribution is 2.23. The summed E-state index contributed by atoms with van der Waals surface area (Å²) in [7, 11) is 0. The molecule has 0 aliphatic rings.